The molecule has 2 heterocycles. The number of amides is 2. The van der Waals surface area contributed by atoms with Crippen LogP contribution >= 0.6 is 11.8 Å². The molecule has 0 aliphatic carbocycles. The molecule has 0 unspecified atom stereocenters. The van der Waals surface area contributed by atoms with Crippen molar-refractivity contribution < 1.29 is 24.1 Å². The predicted octanol–water partition coefficient (Wildman–Crippen LogP) is 7.69. The molecule has 3 N–H and O–H groups in total. The van der Waals surface area contributed by atoms with Gasteiger partial charge in [0.15, 0.2) is 11.4 Å². The van der Waals surface area contributed by atoms with E-state index in [1.165, 1.54) is 0 Å². The lowest BCUT2D eigenvalue weighted by Crippen LogP contribution is -2.31. The Kier molecular flexibility index (Phi) is 9.77. The predicted molar refractivity (Wildman–Crippen MR) is 174 cm³/mol. The number of aryl methyl sites for hydroxylation is 1. The van der Waals surface area contributed by atoms with E-state index in [9.17, 15) is 9.90 Å². The number of carbonyl (C=O) groups excluding carboxylic acids is 1. The molecule has 10 heteroatoms. The van der Waals surface area contributed by atoms with Gasteiger partial charge in [-0.3, -0.25) is 0 Å². The minimum Gasteiger partial charge on any atom is -0.457 e. The van der Waals surface area contributed by atoms with E-state index >= 15 is 0 Å². The monoisotopic (exact) mass is 622 g/mol. The van der Waals surface area contributed by atoms with Crippen molar-refractivity contribution in [3.8, 4) is 11.5 Å². The molecule has 1 aliphatic heterocycles. The van der Waals surface area contributed by atoms with Crippen molar-refractivity contribution in [2.75, 3.05) is 16.4 Å². The maximum atomic E-state index is 12.9. The van der Waals surface area contributed by atoms with Crippen LogP contribution in [0.4, 0.5) is 16.2 Å². The lowest BCUT2D eigenvalue weighted by Gasteiger charge is -2.36. The third-order valence-corrected chi connectivity index (χ3v) is 8.49. The highest BCUT2D eigenvalue weighted by Crippen LogP contribution is 2.39. The number of thioether (sulfide) groups is 1. The second-order valence-electron chi connectivity index (χ2n) is 10.6. The topological polar surface area (TPSA) is 107 Å². The smallest absolute Gasteiger partial charge is 0.323 e. The van der Waals surface area contributed by atoms with Crippen LogP contribution in [-0.2, 0) is 23.1 Å². The Bertz CT molecular complexity index is 1700. The number of carbonyl (C=O) groups is 1. The third kappa shape index (κ3) is 8.11. The number of urea groups is 1. The Morgan fingerprint density at radius 2 is 1.67 bits per heavy atom. The Hall–Kier alpha value is -4.61. The van der Waals surface area contributed by atoms with Crippen molar-refractivity contribution in [3.63, 3.8) is 0 Å². The number of nitrogens with one attached hydrogen (secondary N) is 2. The zero-order chi connectivity index (χ0) is 31.0. The van der Waals surface area contributed by atoms with E-state index in [2.05, 4.69) is 15.6 Å². The summed E-state index contributed by atoms with van der Waals surface area (Å²) in [6.07, 6.45) is 3.41. The van der Waals surface area contributed by atoms with Gasteiger partial charge in [-0.2, -0.15) is 0 Å². The molecule has 6 rings (SSSR count). The first kappa shape index (κ1) is 30.4. The van der Waals surface area contributed by atoms with Crippen LogP contribution in [-0.4, -0.2) is 32.5 Å². The highest BCUT2D eigenvalue weighted by molar-refractivity contribution is 7.99. The van der Waals surface area contributed by atoms with E-state index < -0.39 is 6.29 Å². The number of nitrogens with zero attached hydrogens (tertiary/aromatic N) is 2. The van der Waals surface area contributed by atoms with Crippen molar-refractivity contribution in [3.05, 3.63) is 132 Å². The number of aliphatic hydroxyl groups excluding tert-OH is 1. The molecule has 1 saturated heterocycles. The number of rotatable bonds is 10. The van der Waals surface area contributed by atoms with Crippen molar-refractivity contribution in [1.29, 1.82) is 0 Å². The van der Waals surface area contributed by atoms with Crippen LogP contribution in [0, 0.1) is 0 Å². The number of benzene rings is 4. The zero-order valence-corrected chi connectivity index (χ0v) is 25.5. The number of hydrogen-bond donors (Lipinski definition) is 3. The van der Waals surface area contributed by atoms with Crippen LogP contribution in [0.25, 0.3) is 0 Å². The summed E-state index contributed by atoms with van der Waals surface area (Å²) in [6, 6.07) is 31.6. The van der Waals surface area contributed by atoms with Gasteiger partial charge in [0.25, 0.3) is 0 Å². The average molecular weight is 623 g/mol. The molecule has 1 aromatic heterocycles. The van der Waals surface area contributed by atoms with Gasteiger partial charge in [-0.25, -0.2) is 9.78 Å². The van der Waals surface area contributed by atoms with E-state index in [-0.39, 0.29) is 24.8 Å². The van der Waals surface area contributed by atoms with E-state index in [0.29, 0.717) is 29.3 Å². The van der Waals surface area contributed by atoms with Gasteiger partial charge in [0.1, 0.15) is 11.5 Å². The molecule has 0 saturated carbocycles. The molecule has 4 aromatic carbocycles. The van der Waals surface area contributed by atoms with Gasteiger partial charge < -0.3 is 34.5 Å². The molecule has 1 aliphatic rings. The molecule has 5 aromatic rings. The minimum absolute atomic E-state index is 0.0121. The molecule has 0 bridgehead atoms. The number of imidazole rings is 1. The van der Waals surface area contributed by atoms with Gasteiger partial charge in [0.2, 0.25) is 0 Å². The third-order valence-electron chi connectivity index (χ3n) is 7.30. The largest absolute Gasteiger partial charge is 0.457 e. The van der Waals surface area contributed by atoms with Gasteiger partial charge in [0, 0.05) is 48.6 Å². The lowest BCUT2D eigenvalue weighted by molar-refractivity contribution is -0.245. The summed E-state index contributed by atoms with van der Waals surface area (Å²) in [5.41, 5.74) is 3.89. The van der Waals surface area contributed by atoms with Crippen LogP contribution < -0.4 is 15.4 Å². The number of aliphatic hydroxyl groups is 1. The molecule has 230 valence electrons. The van der Waals surface area contributed by atoms with Crippen LogP contribution in [0.1, 0.15) is 35.5 Å². The summed E-state index contributed by atoms with van der Waals surface area (Å²) < 4.78 is 20.7. The zero-order valence-electron chi connectivity index (χ0n) is 24.7. The van der Waals surface area contributed by atoms with Gasteiger partial charge in [-0.05, 0) is 59.7 Å². The highest BCUT2D eigenvalue weighted by atomic mass is 32.2. The maximum absolute atomic E-state index is 12.9. The quantitative estimate of drug-likeness (QED) is 0.137. The number of ether oxygens (including phenoxy) is 3. The average Bonchev–Trinajstić information content (AvgIpc) is 3.49. The van der Waals surface area contributed by atoms with Crippen LogP contribution in [0.15, 0.2) is 121 Å². The first-order valence-electron chi connectivity index (χ1n) is 14.6. The summed E-state index contributed by atoms with van der Waals surface area (Å²) in [5.74, 6) is 2.11. The van der Waals surface area contributed by atoms with Gasteiger partial charge in [-0.15, -0.1) is 0 Å². The second kappa shape index (κ2) is 14.4. The van der Waals surface area contributed by atoms with Gasteiger partial charge in [0.05, 0.1) is 18.8 Å². The van der Waals surface area contributed by atoms with E-state index in [0.717, 1.165) is 27.6 Å². The lowest BCUT2D eigenvalue weighted by atomic mass is 10.0. The summed E-state index contributed by atoms with van der Waals surface area (Å²) in [5, 5.41) is 16.2. The normalized spacial score (nSPS) is 17.9. The first-order valence-corrected chi connectivity index (χ1v) is 15.6. The summed E-state index contributed by atoms with van der Waals surface area (Å²) in [4.78, 5) is 17.3. The second-order valence-corrected chi connectivity index (χ2v) is 11.6. The van der Waals surface area contributed by atoms with Gasteiger partial charge >= 0.3 is 6.03 Å². The molecular formula is C35H34N4O5S. The van der Waals surface area contributed by atoms with Crippen molar-refractivity contribution >= 4 is 29.2 Å². The molecular weight excluding hydrogens is 588 g/mol. The fourth-order valence-electron chi connectivity index (χ4n) is 4.97. The first-order chi connectivity index (χ1) is 22.0. The van der Waals surface area contributed by atoms with E-state index in [1.54, 1.807) is 42.2 Å². The molecule has 3 atom stereocenters. The Labute approximate surface area is 266 Å². The standard InChI is InChI=1S/C35H34N4O5S/c1-39-19-18-36-35(39)45-23-31-21-32(25-12-10-24(22-40)11-13-25)44-33(43-31)26-6-5-7-28(20-26)38-34(41)37-27-14-16-30(17-15-27)42-29-8-3-2-4-9-29/h2-20,31-33,40H,21-23H2,1H3,(H2,37,38,41)/t31-,32+,33+/m1/s1. The number of aromatic nitrogens is 2. The molecule has 0 radical (unpaired) electrons. The minimum atomic E-state index is -0.643. The SMILES string of the molecule is Cn1ccnc1SC[C@H]1C[C@@H](c2ccc(CO)cc2)O[C@@H](c2cccc(NC(=O)Nc3ccc(Oc4ccccc4)cc3)c2)O1. The molecule has 2 amide bonds. The summed E-state index contributed by atoms with van der Waals surface area (Å²) in [7, 11) is 1.97. The maximum Gasteiger partial charge on any atom is 0.323 e. The van der Waals surface area contributed by atoms with E-state index in [1.807, 2.05) is 96.7 Å². The Morgan fingerprint density at radius 3 is 2.40 bits per heavy atom. The number of para-hydroxylation sites is 1. The van der Waals surface area contributed by atoms with Crippen molar-refractivity contribution in [1.82, 2.24) is 9.55 Å². The molecule has 9 nitrogen and oxygen atoms in total. The number of anilines is 2. The molecule has 0 spiro atoms. The fraction of sp³-hybridized carbons (Fsp3) is 0.200. The summed E-state index contributed by atoms with van der Waals surface area (Å²) in [6.45, 7) is -0.0121. The highest BCUT2D eigenvalue weighted by Gasteiger charge is 2.32. The number of hydrogen-bond acceptors (Lipinski definition) is 7. The van der Waals surface area contributed by atoms with Crippen LogP contribution in [0.3, 0.4) is 0 Å². The van der Waals surface area contributed by atoms with Crippen LogP contribution in [0.5, 0.6) is 11.5 Å². The Balaban J connectivity index is 1.12. The van der Waals surface area contributed by atoms with Crippen LogP contribution in [0.2, 0.25) is 0 Å². The summed E-state index contributed by atoms with van der Waals surface area (Å²) >= 11 is 1.64. The van der Waals surface area contributed by atoms with E-state index in [4.69, 9.17) is 14.2 Å². The van der Waals surface area contributed by atoms with Crippen molar-refractivity contribution in [2.24, 2.45) is 7.05 Å². The Morgan fingerprint density at radius 1 is 0.911 bits per heavy atom. The molecule has 45 heavy (non-hydrogen) atoms. The van der Waals surface area contributed by atoms with Crippen molar-refractivity contribution in [2.45, 2.75) is 36.7 Å². The fourth-order valence-corrected chi connectivity index (χ4v) is 5.92. The van der Waals surface area contributed by atoms with Gasteiger partial charge in [-0.1, -0.05) is 66.4 Å². The molecule has 1 fully saturated rings.